The first-order valence-electron chi connectivity index (χ1n) is 7.04. The van der Waals surface area contributed by atoms with Crippen molar-refractivity contribution in [3.05, 3.63) is 29.8 Å². The Labute approximate surface area is 113 Å². The van der Waals surface area contributed by atoms with Gasteiger partial charge in [-0.05, 0) is 31.4 Å². The molecule has 19 heavy (non-hydrogen) atoms. The largest absolute Gasteiger partial charge is 0.377 e. The number of nitrogens with zero attached hydrogens (tertiary/aromatic N) is 1. The standard InChI is InChI=1S/C15H20N2O2/c1-2-19-12-9-13(16-10-12)15(18)17-8-7-11-5-3-4-6-14(11)17/h3-6,12-13,16H,2,7-10H2,1H3/t12?,13-/m0/s1. The van der Waals surface area contributed by atoms with Crippen molar-refractivity contribution in [3.8, 4) is 0 Å². The fraction of sp³-hybridized carbons (Fsp3) is 0.533. The summed E-state index contributed by atoms with van der Waals surface area (Å²) in [5.41, 5.74) is 2.35. The fourth-order valence-electron chi connectivity index (χ4n) is 3.01. The SMILES string of the molecule is CCOC1CN[C@H](C(=O)N2CCc3ccccc32)C1. The van der Waals surface area contributed by atoms with Crippen LogP contribution in [0.25, 0.3) is 0 Å². The molecule has 4 heteroatoms. The lowest BCUT2D eigenvalue weighted by molar-refractivity contribution is -0.120. The number of hydrogen-bond donors (Lipinski definition) is 1. The van der Waals surface area contributed by atoms with Crippen LogP contribution < -0.4 is 10.2 Å². The van der Waals surface area contributed by atoms with Crippen LogP contribution in [0.2, 0.25) is 0 Å². The molecule has 1 unspecified atom stereocenters. The number of anilines is 1. The Morgan fingerprint density at radius 3 is 3.16 bits per heavy atom. The minimum Gasteiger partial charge on any atom is -0.377 e. The number of carbonyl (C=O) groups excluding carboxylic acids is 1. The van der Waals surface area contributed by atoms with Crippen molar-refractivity contribution in [2.75, 3.05) is 24.6 Å². The van der Waals surface area contributed by atoms with Gasteiger partial charge < -0.3 is 15.0 Å². The summed E-state index contributed by atoms with van der Waals surface area (Å²) >= 11 is 0. The molecular formula is C15H20N2O2. The maximum absolute atomic E-state index is 12.6. The van der Waals surface area contributed by atoms with Crippen LogP contribution in [0.3, 0.4) is 0 Å². The van der Waals surface area contributed by atoms with Crippen molar-refractivity contribution in [1.29, 1.82) is 0 Å². The summed E-state index contributed by atoms with van der Waals surface area (Å²) in [7, 11) is 0. The van der Waals surface area contributed by atoms with Gasteiger partial charge in [-0.2, -0.15) is 0 Å². The Balaban J connectivity index is 1.69. The van der Waals surface area contributed by atoms with Crippen molar-refractivity contribution >= 4 is 11.6 Å². The Hall–Kier alpha value is -1.39. The predicted molar refractivity (Wildman–Crippen MR) is 74.3 cm³/mol. The molecule has 1 aromatic carbocycles. The van der Waals surface area contributed by atoms with Crippen LogP contribution in [0.15, 0.2) is 24.3 Å². The second kappa shape index (κ2) is 5.31. The number of para-hydroxylation sites is 1. The summed E-state index contributed by atoms with van der Waals surface area (Å²) in [5, 5.41) is 3.28. The third-order valence-electron chi connectivity index (χ3n) is 3.94. The molecule has 0 aromatic heterocycles. The maximum atomic E-state index is 12.6. The zero-order chi connectivity index (χ0) is 13.2. The molecule has 1 fully saturated rings. The van der Waals surface area contributed by atoms with Gasteiger partial charge in [0, 0.05) is 25.4 Å². The van der Waals surface area contributed by atoms with Crippen molar-refractivity contribution in [1.82, 2.24) is 5.32 Å². The van der Waals surface area contributed by atoms with E-state index in [1.807, 2.05) is 30.0 Å². The molecule has 0 radical (unpaired) electrons. The zero-order valence-electron chi connectivity index (χ0n) is 11.3. The number of benzene rings is 1. The van der Waals surface area contributed by atoms with Gasteiger partial charge in [0.1, 0.15) is 0 Å². The van der Waals surface area contributed by atoms with Crippen LogP contribution in [0.5, 0.6) is 0 Å². The molecule has 2 heterocycles. The van der Waals surface area contributed by atoms with Crippen LogP contribution in [0, 0.1) is 0 Å². The molecule has 3 rings (SSSR count). The molecule has 4 nitrogen and oxygen atoms in total. The van der Waals surface area contributed by atoms with E-state index in [-0.39, 0.29) is 18.1 Å². The molecule has 1 amide bonds. The van der Waals surface area contributed by atoms with Gasteiger partial charge in [-0.1, -0.05) is 18.2 Å². The third-order valence-corrected chi connectivity index (χ3v) is 3.94. The lowest BCUT2D eigenvalue weighted by atomic mass is 10.1. The highest BCUT2D eigenvalue weighted by atomic mass is 16.5. The molecule has 1 N–H and O–H groups in total. The van der Waals surface area contributed by atoms with E-state index >= 15 is 0 Å². The van der Waals surface area contributed by atoms with Gasteiger partial charge in [0.2, 0.25) is 5.91 Å². The molecular weight excluding hydrogens is 240 g/mol. The molecule has 1 saturated heterocycles. The van der Waals surface area contributed by atoms with Crippen molar-refractivity contribution in [2.45, 2.75) is 31.9 Å². The molecule has 2 aliphatic rings. The van der Waals surface area contributed by atoms with Gasteiger partial charge in [-0.25, -0.2) is 0 Å². The monoisotopic (exact) mass is 260 g/mol. The number of hydrogen-bond acceptors (Lipinski definition) is 3. The molecule has 0 aliphatic carbocycles. The molecule has 2 atom stereocenters. The summed E-state index contributed by atoms with van der Waals surface area (Å²) < 4.78 is 5.58. The lowest BCUT2D eigenvalue weighted by Crippen LogP contribution is -2.42. The van der Waals surface area contributed by atoms with Crippen molar-refractivity contribution < 1.29 is 9.53 Å². The first kappa shape index (κ1) is 12.6. The summed E-state index contributed by atoms with van der Waals surface area (Å²) in [6.07, 6.45) is 1.92. The van der Waals surface area contributed by atoms with E-state index in [2.05, 4.69) is 11.4 Å². The van der Waals surface area contributed by atoms with E-state index in [4.69, 9.17) is 4.74 Å². The number of carbonyl (C=O) groups is 1. The van der Waals surface area contributed by atoms with E-state index in [1.54, 1.807) is 0 Å². The zero-order valence-corrected chi connectivity index (χ0v) is 11.3. The smallest absolute Gasteiger partial charge is 0.244 e. The van der Waals surface area contributed by atoms with Crippen LogP contribution in [0.4, 0.5) is 5.69 Å². The Morgan fingerprint density at radius 1 is 1.47 bits per heavy atom. The van der Waals surface area contributed by atoms with Gasteiger partial charge in [-0.15, -0.1) is 0 Å². The van der Waals surface area contributed by atoms with Gasteiger partial charge in [0.15, 0.2) is 0 Å². The maximum Gasteiger partial charge on any atom is 0.244 e. The van der Waals surface area contributed by atoms with E-state index < -0.39 is 0 Å². The number of fused-ring (bicyclic) bond motifs is 1. The van der Waals surface area contributed by atoms with Crippen LogP contribution >= 0.6 is 0 Å². The molecule has 1 aromatic rings. The van der Waals surface area contributed by atoms with Crippen molar-refractivity contribution in [3.63, 3.8) is 0 Å². The van der Waals surface area contributed by atoms with Crippen LogP contribution in [-0.2, 0) is 16.0 Å². The van der Waals surface area contributed by atoms with Gasteiger partial charge in [-0.3, -0.25) is 4.79 Å². The van der Waals surface area contributed by atoms with E-state index in [9.17, 15) is 4.79 Å². The second-order valence-corrected chi connectivity index (χ2v) is 5.14. The van der Waals surface area contributed by atoms with Crippen LogP contribution in [-0.4, -0.2) is 37.7 Å². The van der Waals surface area contributed by atoms with Gasteiger partial charge in [0.05, 0.1) is 12.1 Å². The average Bonchev–Trinajstić information content (AvgIpc) is 3.05. The Morgan fingerprint density at radius 2 is 2.32 bits per heavy atom. The molecule has 2 aliphatic heterocycles. The second-order valence-electron chi connectivity index (χ2n) is 5.14. The highest BCUT2D eigenvalue weighted by Crippen LogP contribution is 2.28. The Kier molecular flexibility index (Phi) is 3.53. The molecule has 0 spiro atoms. The third kappa shape index (κ3) is 2.38. The number of rotatable bonds is 3. The van der Waals surface area contributed by atoms with Gasteiger partial charge >= 0.3 is 0 Å². The summed E-state index contributed by atoms with van der Waals surface area (Å²) in [6, 6.07) is 8.08. The summed E-state index contributed by atoms with van der Waals surface area (Å²) in [4.78, 5) is 14.5. The van der Waals surface area contributed by atoms with Crippen LogP contribution in [0.1, 0.15) is 18.9 Å². The molecule has 102 valence electrons. The minimum atomic E-state index is -0.0947. The highest BCUT2D eigenvalue weighted by molar-refractivity contribution is 5.99. The Bertz CT molecular complexity index is 475. The predicted octanol–water partition coefficient (Wildman–Crippen LogP) is 1.34. The fourth-order valence-corrected chi connectivity index (χ4v) is 3.01. The van der Waals surface area contributed by atoms with E-state index in [0.29, 0.717) is 6.61 Å². The molecule has 0 saturated carbocycles. The number of ether oxygens (including phenoxy) is 1. The van der Waals surface area contributed by atoms with E-state index in [1.165, 1.54) is 5.56 Å². The van der Waals surface area contributed by atoms with Crippen molar-refractivity contribution in [2.24, 2.45) is 0 Å². The average molecular weight is 260 g/mol. The first-order chi connectivity index (χ1) is 9.29. The lowest BCUT2D eigenvalue weighted by Gasteiger charge is -2.21. The molecule has 0 bridgehead atoms. The highest BCUT2D eigenvalue weighted by Gasteiger charge is 2.35. The van der Waals surface area contributed by atoms with E-state index in [0.717, 1.165) is 31.6 Å². The number of nitrogens with one attached hydrogen (secondary N) is 1. The topological polar surface area (TPSA) is 41.6 Å². The summed E-state index contributed by atoms with van der Waals surface area (Å²) in [5.74, 6) is 0.187. The quantitative estimate of drug-likeness (QED) is 0.892. The number of amides is 1. The minimum absolute atomic E-state index is 0.0947. The first-order valence-corrected chi connectivity index (χ1v) is 7.04. The normalized spacial score (nSPS) is 25.6. The summed E-state index contributed by atoms with van der Waals surface area (Å²) in [6.45, 7) is 4.28. The van der Waals surface area contributed by atoms with Gasteiger partial charge in [0.25, 0.3) is 0 Å².